The molecule has 2 aromatic rings. The molecule has 0 bridgehead atoms. The number of ether oxygens (including phenoxy) is 2. The summed E-state index contributed by atoms with van der Waals surface area (Å²) in [4.78, 5) is 11.6. The lowest BCUT2D eigenvalue weighted by atomic mass is 10.1. The van der Waals surface area contributed by atoms with Gasteiger partial charge in [-0.2, -0.15) is 0 Å². The number of thiophene rings is 1. The van der Waals surface area contributed by atoms with Gasteiger partial charge in [-0.25, -0.2) is 13.2 Å². The zero-order valence-electron chi connectivity index (χ0n) is 13.3. The summed E-state index contributed by atoms with van der Waals surface area (Å²) in [5.41, 5.74) is 0.155. The largest absolute Gasteiger partial charge is 0.507 e. The molecule has 0 aliphatic rings. The second-order valence-electron chi connectivity index (χ2n) is 5.03. The molecule has 0 saturated heterocycles. The Balaban J connectivity index is 2.23. The number of carbonyl (C=O) groups is 1. The second kappa shape index (κ2) is 8.77. The van der Waals surface area contributed by atoms with Gasteiger partial charge in [0.25, 0.3) is 0 Å². The van der Waals surface area contributed by atoms with Crippen LogP contribution in [-0.2, 0) is 25.1 Å². The molecule has 0 amide bonds. The van der Waals surface area contributed by atoms with Crippen LogP contribution in [0, 0.1) is 0 Å². The molecule has 0 radical (unpaired) electrons. The predicted octanol–water partition coefficient (Wildman–Crippen LogP) is 4.19. The quantitative estimate of drug-likeness (QED) is 0.493. The SMILES string of the molecule is COCCOC(=O)c1ccc(CS(=O)(=O)c2c(Cl)sc(Cl)c2Cl)cc1O. The van der Waals surface area contributed by atoms with E-state index < -0.39 is 27.3 Å². The highest BCUT2D eigenvalue weighted by Gasteiger charge is 2.27. The Hall–Kier alpha value is -1.03. The van der Waals surface area contributed by atoms with E-state index in [-0.39, 0.29) is 42.9 Å². The number of phenols is 1. The summed E-state index contributed by atoms with van der Waals surface area (Å²) in [6.45, 7) is 0.244. The summed E-state index contributed by atoms with van der Waals surface area (Å²) < 4.78 is 34.8. The van der Waals surface area contributed by atoms with Crippen LogP contribution in [0.2, 0.25) is 13.7 Å². The van der Waals surface area contributed by atoms with Crippen molar-refractivity contribution in [2.45, 2.75) is 10.6 Å². The number of benzene rings is 1. The fourth-order valence-corrected chi connectivity index (χ4v) is 6.37. The highest BCUT2D eigenvalue weighted by molar-refractivity contribution is 7.91. The molecular weight excluding hydrogens is 447 g/mol. The van der Waals surface area contributed by atoms with Gasteiger partial charge in [0.2, 0.25) is 0 Å². The van der Waals surface area contributed by atoms with E-state index in [0.717, 1.165) is 11.3 Å². The molecule has 1 aromatic carbocycles. The summed E-state index contributed by atoms with van der Waals surface area (Å²) in [6.07, 6.45) is 0. The van der Waals surface area contributed by atoms with Gasteiger partial charge in [0.1, 0.15) is 31.5 Å². The minimum absolute atomic E-state index is 0.0286. The number of aromatic hydroxyl groups is 1. The van der Waals surface area contributed by atoms with E-state index in [1.807, 2.05) is 0 Å². The van der Waals surface area contributed by atoms with Crippen LogP contribution in [0.5, 0.6) is 5.75 Å². The van der Waals surface area contributed by atoms with E-state index in [4.69, 9.17) is 44.3 Å². The van der Waals surface area contributed by atoms with Crippen molar-refractivity contribution in [2.24, 2.45) is 0 Å². The van der Waals surface area contributed by atoms with Crippen LogP contribution in [0.25, 0.3) is 0 Å². The van der Waals surface area contributed by atoms with Crippen molar-refractivity contribution in [3.8, 4) is 5.75 Å². The number of halogens is 3. The fraction of sp³-hybridized carbons (Fsp3) is 0.267. The molecule has 1 N–H and O–H groups in total. The van der Waals surface area contributed by atoms with E-state index in [2.05, 4.69) is 0 Å². The Morgan fingerprint density at radius 2 is 1.88 bits per heavy atom. The zero-order chi connectivity index (χ0) is 19.5. The molecule has 0 spiro atoms. The van der Waals surface area contributed by atoms with Crippen molar-refractivity contribution in [1.29, 1.82) is 0 Å². The number of phenolic OH excluding ortho intramolecular Hbond substituents is 1. The molecule has 1 aromatic heterocycles. The molecule has 0 saturated carbocycles. The lowest BCUT2D eigenvalue weighted by Gasteiger charge is -2.09. The van der Waals surface area contributed by atoms with Crippen molar-refractivity contribution in [2.75, 3.05) is 20.3 Å². The second-order valence-corrected chi connectivity index (χ2v) is 9.56. The van der Waals surface area contributed by atoms with Gasteiger partial charge in [0, 0.05) is 7.11 Å². The smallest absolute Gasteiger partial charge is 0.341 e. The highest BCUT2D eigenvalue weighted by atomic mass is 35.5. The number of carbonyl (C=O) groups excluding carboxylic acids is 1. The minimum Gasteiger partial charge on any atom is -0.507 e. The number of esters is 1. The van der Waals surface area contributed by atoms with E-state index in [0.29, 0.717) is 0 Å². The standard InChI is InChI=1S/C15H13Cl3O6S2/c1-23-4-5-24-15(20)9-3-2-8(6-10(9)19)7-26(21,22)12-11(16)13(17)25-14(12)18/h2-3,6,19H,4-5,7H2,1H3. The first-order chi connectivity index (χ1) is 12.2. The first kappa shape index (κ1) is 21.3. The zero-order valence-corrected chi connectivity index (χ0v) is 17.2. The van der Waals surface area contributed by atoms with Crippen LogP contribution < -0.4 is 0 Å². The Bertz CT molecular complexity index is 924. The number of hydrogen-bond donors (Lipinski definition) is 1. The molecule has 0 unspecified atom stereocenters. The van der Waals surface area contributed by atoms with Crippen molar-refractivity contribution in [3.63, 3.8) is 0 Å². The minimum atomic E-state index is -3.90. The van der Waals surface area contributed by atoms with Gasteiger partial charge in [0.15, 0.2) is 9.84 Å². The number of methoxy groups -OCH3 is 1. The van der Waals surface area contributed by atoms with Crippen molar-refractivity contribution in [1.82, 2.24) is 0 Å². The molecule has 0 aliphatic heterocycles. The van der Waals surface area contributed by atoms with E-state index in [9.17, 15) is 18.3 Å². The van der Waals surface area contributed by atoms with Crippen LogP contribution in [0.3, 0.4) is 0 Å². The Morgan fingerprint density at radius 3 is 2.42 bits per heavy atom. The molecule has 0 fully saturated rings. The topological polar surface area (TPSA) is 89.9 Å². The maximum Gasteiger partial charge on any atom is 0.341 e. The molecule has 0 aliphatic carbocycles. The number of hydrogen-bond acceptors (Lipinski definition) is 7. The molecule has 11 heteroatoms. The molecule has 0 atom stereocenters. The third kappa shape index (κ3) is 4.82. The summed E-state index contributed by atoms with van der Waals surface area (Å²) in [7, 11) is -2.44. The van der Waals surface area contributed by atoms with Gasteiger partial charge in [-0.1, -0.05) is 40.9 Å². The molecule has 1 heterocycles. The van der Waals surface area contributed by atoms with Gasteiger partial charge in [-0.05, 0) is 17.7 Å². The molecule has 26 heavy (non-hydrogen) atoms. The normalized spacial score (nSPS) is 11.5. The summed E-state index contributed by atoms with van der Waals surface area (Å²) in [5, 5.41) is 9.87. The molecule has 142 valence electrons. The lowest BCUT2D eigenvalue weighted by Crippen LogP contribution is -2.10. The van der Waals surface area contributed by atoms with Crippen LogP contribution in [0.15, 0.2) is 23.1 Å². The highest BCUT2D eigenvalue weighted by Crippen LogP contribution is 2.43. The average Bonchev–Trinajstić information content (AvgIpc) is 2.80. The number of sulfone groups is 1. The predicted molar refractivity (Wildman–Crippen MR) is 101 cm³/mol. The van der Waals surface area contributed by atoms with E-state index in [1.54, 1.807) is 0 Å². The summed E-state index contributed by atoms with van der Waals surface area (Å²) in [6, 6.07) is 3.83. The monoisotopic (exact) mass is 458 g/mol. The first-order valence-electron chi connectivity index (χ1n) is 7.01. The van der Waals surface area contributed by atoms with E-state index in [1.165, 1.54) is 25.3 Å². The van der Waals surface area contributed by atoms with Gasteiger partial charge in [-0.3, -0.25) is 0 Å². The van der Waals surface area contributed by atoms with Crippen LogP contribution in [0.1, 0.15) is 15.9 Å². The molecular formula is C15H13Cl3O6S2. The van der Waals surface area contributed by atoms with Gasteiger partial charge >= 0.3 is 5.97 Å². The average molecular weight is 460 g/mol. The Labute approximate surface area is 169 Å². The molecule has 2 rings (SSSR count). The van der Waals surface area contributed by atoms with Crippen LogP contribution in [0.4, 0.5) is 0 Å². The maximum absolute atomic E-state index is 12.6. The summed E-state index contributed by atoms with van der Waals surface area (Å²) >= 11 is 18.5. The van der Waals surface area contributed by atoms with Gasteiger partial charge in [-0.15, -0.1) is 11.3 Å². The van der Waals surface area contributed by atoms with Crippen molar-refractivity contribution < 1.29 is 27.8 Å². The van der Waals surface area contributed by atoms with Crippen molar-refractivity contribution >= 4 is 61.9 Å². The van der Waals surface area contributed by atoms with Gasteiger partial charge in [0.05, 0.1) is 17.4 Å². The Morgan fingerprint density at radius 1 is 1.19 bits per heavy atom. The van der Waals surface area contributed by atoms with Gasteiger partial charge < -0.3 is 14.6 Å². The first-order valence-corrected chi connectivity index (χ1v) is 10.6. The third-order valence-electron chi connectivity index (χ3n) is 3.20. The molecule has 6 nitrogen and oxygen atoms in total. The fourth-order valence-electron chi connectivity index (χ4n) is 2.03. The van der Waals surface area contributed by atoms with Crippen LogP contribution in [-0.4, -0.2) is 39.8 Å². The number of rotatable bonds is 7. The third-order valence-corrected chi connectivity index (χ3v) is 7.49. The van der Waals surface area contributed by atoms with Crippen molar-refractivity contribution in [3.05, 3.63) is 43.0 Å². The Kier molecular flexibility index (Phi) is 7.18. The summed E-state index contributed by atoms with van der Waals surface area (Å²) in [5.74, 6) is -1.63. The maximum atomic E-state index is 12.6. The lowest BCUT2D eigenvalue weighted by molar-refractivity contribution is 0.0385. The van der Waals surface area contributed by atoms with Crippen LogP contribution >= 0.6 is 46.1 Å². The van der Waals surface area contributed by atoms with E-state index >= 15 is 0 Å².